The van der Waals surface area contributed by atoms with Gasteiger partial charge in [-0.2, -0.15) is 0 Å². The number of carboxylic acid groups (broad SMARTS) is 1. The zero-order valence-electron chi connectivity index (χ0n) is 9.91. The lowest BCUT2D eigenvalue weighted by Gasteiger charge is -2.18. The predicted octanol–water partition coefficient (Wildman–Crippen LogP) is 2.98. The van der Waals surface area contributed by atoms with E-state index in [2.05, 4.69) is 0 Å². The van der Waals surface area contributed by atoms with E-state index in [1.165, 1.54) is 51.4 Å². The molecule has 0 aromatic heterocycles. The monoisotopic (exact) mass is 226 g/mol. The van der Waals surface area contributed by atoms with Gasteiger partial charge in [-0.15, -0.1) is 0 Å². The molecule has 1 heterocycles. The lowest BCUT2D eigenvalue weighted by Crippen LogP contribution is -2.27. The molecule has 0 spiro atoms. The second-order valence-corrected chi connectivity index (χ2v) is 5.36. The number of hydrogen-bond acceptors (Lipinski definition) is 2. The van der Waals surface area contributed by atoms with Gasteiger partial charge in [0.2, 0.25) is 0 Å². The second-order valence-electron chi connectivity index (χ2n) is 5.36. The highest BCUT2D eigenvalue weighted by atomic mass is 16.6. The van der Waals surface area contributed by atoms with Crippen LogP contribution < -0.4 is 0 Å². The minimum Gasteiger partial charge on any atom is -0.479 e. The summed E-state index contributed by atoms with van der Waals surface area (Å²) in [5.74, 6) is -0.191. The van der Waals surface area contributed by atoms with Gasteiger partial charge in [-0.1, -0.05) is 51.4 Å². The first kappa shape index (κ1) is 11.9. The van der Waals surface area contributed by atoms with Gasteiger partial charge in [0.05, 0.1) is 6.61 Å². The molecule has 0 bridgehead atoms. The first-order valence-corrected chi connectivity index (χ1v) is 6.60. The molecule has 0 radical (unpaired) electrons. The number of hydrogen-bond donors (Lipinski definition) is 1. The Morgan fingerprint density at radius 1 is 1.12 bits per heavy atom. The van der Waals surface area contributed by atoms with Gasteiger partial charge < -0.3 is 9.84 Å². The molecular weight excluding hydrogens is 204 g/mol. The van der Waals surface area contributed by atoms with E-state index in [1.807, 2.05) is 0 Å². The number of rotatable bonds is 3. The first-order chi connectivity index (χ1) is 7.73. The molecule has 1 aliphatic heterocycles. The van der Waals surface area contributed by atoms with Crippen molar-refractivity contribution in [3.05, 3.63) is 0 Å². The molecule has 16 heavy (non-hydrogen) atoms. The molecule has 1 aliphatic carbocycles. The standard InChI is InChI=1S/C13H22O3/c14-12(15)13(10-16-13)9-11-7-5-3-1-2-4-6-8-11/h11H,1-10H2,(H,14,15). The van der Waals surface area contributed by atoms with Crippen LogP contribution in [-0.2, 0) is 9.53 Å². The van der Waals surface area contributed by atoms with Crippen LogP contribution in [0.25, 0.3) is 0 Å². The Kier molecular flexibility index (Phi) is 3.85. The second kappa shape index (κ2) is 5.17. The summed E-state index contributed by atoms with van der Waals surface area (Å²) in [7, 11) is 0. The van der Waals surface area contributed by atoms with Crippen molar-refractivity contribution < 1.29 is 14.6 Å². The molecule has 1 unspecified atom stereocenters. The lowest BCUT2D eigenvalue weighted by molar-refractivity contribution is -0.144. The van der Waals surface area contributed by atoms with Crippen LogP contribution in [0.4, 0.5) is 0 Å². The number of ether oxygens (including phenoxy) is 1. The highest BCUT2D eigenvalue weighted by molar-refractivity contribution is 5.80. The maximum absolute atomic E-state index is 11.1. The Balaban J connectivity index is 1.84. The quantitative estimate of drug-likeness (QED) is 0.753. The van der Waals surface area contributed by atoms with Crippen molar-refractivity contribution in [2.24, 2.45) is 5.92 Å². The fourth-order valence-corrected chi connectivity index (χ4v) is 2.80. The molecule has 1 saturated heterocycles. The van der Waals surface area contributed by atoms with Crippen molar-refractivity contribution in [1.29, 1.82) is 0 Å². The zero-order chi connectivity index (χ0) is 11.4. The van der Waals surface area contributed by atoms with Crippen LogP contribution in [0.5, 0.6) is 0 Å². The van der Waals surface area contributed by atoms with Crippen LogP contribution in [0.1, 0.15) is 57.8 Å². The summed E-state index contributed by atoms with van der Waals surface area (Å²) in [6.45, 7) is 0.429. The van der Waals surface area contributed by atoms with Crippen molar-refractivity contribution >= 4 is 5.97 Å². The largest absolute Gasteiger partial charge is 0.479 e. The molecule has 0 aromatic carbocycles. The van der Waals surface area contributed by atoms with Crippen LogP contribution in [0.3, 0.4) is 0 Å². The van der Waals surface area contributed by atoms with E-state index in [-0.39, 0.29) is 0 Å². The van der Waals surface area contributed by atoms with E-state index in [0.717, 1.165) is 6.42 Å². The fourth-order valence-electron chi connectivity index (χ4n) is 2.80. The van der Waals surface area contributed by atoms with Crippen molar-refractivity contribution in [3.63, 3.8) is 0 Å². The normalized spacial score (nSPS) is 32.5. The minimum atomic E-state index is -0.793. The molecule has 1 atom stereocenters. The zero-order valence-corrected chi connectivity index (χ0v) is 9.91. The van der Waals surface area contributed by atoms with Crippen LogP contribution in [0.15, 0.2) is 0 Å². The Hall–Kier alpha value is -0.570. The molecule has 2 fully saturated rings. The highest BCUT2D eigenvalue weighted by Crippen LogP contribution is 2.38. The maximum atomic E-state index is 11.1. The van der Waals surface area contributed by atoms with Gasteiger partial charge in [0.15, 0.2) is 5.60 Å². The van der Waals surface area contributed by atoms with Gasteiger partial charge in [0, 0.05) is 0 Å². The summed E-state index contributed by atoms with van der Waals surface area (Å²) in [5.41, 5.74) is -0.793. The van der Waals surface area contributed by atoms with E-state index in [9.17, 15) is 4.79 Å². The summed E-state index contributed by atoms with van der Waals surface area (Å²) in [4.78, 5) is 11.1. The molecule has 92 valence electrons. The minimum absolute atomic E-state index is 0.429. The Bertz CT molecular complexity index is 236. The number of epoxide rings is 1. The molecule has 2 aliphatic rings. The summed E-state index contributed by atoms with van der Waals surface area (Å²) in [5, 5.41) is 9.09. The smallest absolute Gasteiger partial charge is 0.338 e. The Labute approximate surface area is 97.2 Å². The van der Waals surface area contributed by atoms with Gasteiger partial charge in [0.25, 0.3) is 0 Å². The van der Waals surface area contributed by atoms with Crippen molar-refractivity contribution in [2.75, 3.05) is 6.61 Å². The summed E-state index contributed by atoms with van der Waals surface area (Å²) in [6, 6.07) is 0. The third-order valence-electron chi connectivity index (χ3n) is 3.98. The number of aliphatic carboxylic acids is 1. The van der Waals surface area contributed by atoms with Gasteiger partial charge in [-0.3, -0.25) is 0 Å². The highest BCUT2D eigenvalue weighted by Gasteiger charge is 2.53. The molecule has 1 N–H and O–H groups in total. The lowest BCUT2D eigenvalue weighted by atomic mass is 9.87. The number of carboxylic acids is 1. The molecule has 3 heteroatoms. The molecule has 1 saturated carbocycles. The van der Waals surface area contributed by atoms with Gasteiger partial charge in [-0.05, 0) is 12.3 Å². The average Bonchev–Trinajstić information content (AvgIpc) is 2.99. The van der Waals surface area contributed by atoms with E-state index in [4.69, 9.17) is 9.84 Å². The fraction of sp³-hybridized carbons (Fsp3) is 0.923. The topological polar surface area (TPSA) is 49.8 Å². The summed E-state index contributed by atoms with van der Waals surface area (Å²) >= 11 is 0. The van der Waals surface area contributed by atoms with Crippen LogP contribution >= 0.6 is 0 Å². The van der Waals surface area contributed by atoms with Gasteiger partial charge in [0.1, 0.15) is 0 Å². The van der Waals surface area contributed by atoms with Crippen LogP contribution in [-0.4, -0.2) is 23.3 Å². The Morgan fingerprint density at radius 2 is 1.62 bits per heavy atom. The van der Waals surface area contributed by atoms with Crippen LogP contribution in [0.2, 0.25) is 0 Å². The number of carbonyl (C=O) groups is 1. The maximum Gasteiger partial charge on any atom is 0.338 e. The van der Waals surface area contributed by atoms with E-state index < -0.39 is 11.6 Å². The molecule has 0 aromatic rings. The molecular formula is C13H22O3. The molecule has 3 nitrogen and oxygen atoms in total. The van der Waals surface area contributed by atoms with Crippen molar-refractivity contribution in [1.82, 2.24) is 0 Å². The van der Waals surface area contributed by atoms with Crippen LogP contribution in [0, 0.1) is 5.92 Å². The van der Waals surface area contributed by atoms with Crippen molar-refractivity contribution in [2.45, 2.75) is 63.4 Å². The Morgan fingerprint density at radius 3 is 2.06 bits per heavy atom. The first-order valence-electron chi connectivity index (χ1n) is 6.60. The van der Waals surface area contributed by atoms with Gasteiger partial charge >= 0.3 is 5.97 Å². The van der Waals surface area contributed by atoms with Crippen molar-refractivity contribution in [3.8, 4) is 0 Å². The summed E-state index contributed by atoms with van der Waals surface area (Å²) in [6.07, 6.45) is 11.0. The SMILES string of the molecule is O=C(O)C1(CC2CCCCCCCC2)CO1. The predicted molar refractivity (Wildman–Crippen MR) is 61.4 cm³/mol. The third kappa shape index (κ3) is 2.97. The third-order valence-corrected chi connectivity index (χ3v) is 3.98. The summed E-state index contributed by atoms with van der Waals surface area (Å²) < 4.78 is 5.16. The van der Waals surface area contributed by atoms with Gasteiger partial charge in [-0.25, -0.2) is 4.79 Å². The average molecular weight is 226 g/mol. The van der Waals surface area contributed by atoms with E-state index in [0.29, 0.717) is 12.5 Å². The van der Waals surface area contributed by atoms with E-state index >= 15 is 0 Å². The molecule has 0 amide bonds. The molecule has 2 rings (SSSR count). The van der Waals surface area contributed by atoms with E-state index in [1.54, 1.807) is 0 Å².